The van der Waals surface area contributed by atoms with Crippen molar-refractivity contribution in [1.29, 1.82) is 0 Å². The van der Waals surface area contributed by atoms with Gasteiger partial charge in [-0.1, -0.05) is 18.7 Å². The van der Waals surface area contributed by atoms with Gasteiger partial charge in [0.2, 0.25) is 0 Å². The molecule has 2 rings (SSSR count). The third-order valence-corrected chi connectivity index (χ3v) is 4.55. The predicted molar refractivity (Wildman–Crippen MR) is 82.6 cm³/mol. The van der Waals surface area contributed by atoms with Crippen molar-refractivity contribution >= 4 is 11.8 Å². The van der Waals surface area contributed by atoms with Crippen LogP contribution in [-0.2, 0) is 12.3 Å². The zero-order valence-corrected chi connectivity index (χ0v) is 13.3. The number of alkyl halides is 2. The molecule has 0 aliphatic carbocycles. The lowest BCUT2D eigenvalue weighted by Gasteiger charge is -2.30. The molecule has 1 N–H and O–H groups in total. The van der Waals surface area contributed by atoms with Crippen LogP contribution < -0.4 is 5.32 Å². The van der Waals surface area contributed by atoms with Crippen LogP contribution in [0.25, 0.3) is 0 Å². The molecule has 0 atom stereocenters. The van der Waals surface area contributed by atoms with Crippen LogP contribution in [0, 0.1) is 5.92 Å². The van der Waals surface area contributed by atoms with Crippen molar-refractivity contribution in [3.05, 3.63) is 23.7 Å². The summed E-state index contributed by atoms with van der Waals surface area (Å²) in [5, 5.41) is 3.35. The summed E-state index contributed by atoms with van der Waals surface area (Å²) in [6.45, 7) is 7.34. The molecule has 1 aromatic heterocycles. The minimum atomic E-state index is -2.34. The molecule has 0 spiro atoms. The average molecular weight is 318 g/mol. The Morgan fingerprint density at radius 2 is 2.05 bits per heavy atom. The summed E-state index contributed by atoms with van der Waals surface area (Å²) >= 11 is 0.591. The van der Waals surface area contributed by atoms with E-state index in [0.717, 1.165) is 24.8 Å². The van der Waals surface area contributed by atoms with Crippen molar-refractivity contribution in [1.82, 2.24) is 10.2 Å². The molecule has 120 valence electrons. The number of rotatable bonds is 8. The molecule has 0 radical (unpaired) electrons. The smallest absolute Gasteiger partial charge is 0.284 e. The van der Waals surface area contributed by atoms with Crippen molar-refractivity contribution in [2.75, 3.05) is 26.2 Å². The minimum Gasteiger partial charge on any atom is -0.464 e. The van der Waals surface area contributed by atoms with Gasteiger partial charge in [-0.15, -0.1) is 0 Å². The summed E-state index contributed by atoms with van der Waals surface area (Å²) in [4.78, 5) is 2.49. The topological polar surface area (TPSA) is 28.4 Å². The van der Waals surface area contributed by atoms with Crippen LogP contribution in [0.5, 0.6) is 0 Å². The third kappa shape index (κ3) is 6.36. The van der Waals surface area contributed by atoms with E-state index in [1.807, 2.05) is 6.07 Å². The highest BCUT2D eigenvalue weighted by Crippen LogP contribution is 2.21. The number of piperidine rings is 1. The molecule has 0 unspecified atom stereocenters. The van der Waals surface area contributed by atoms with Crippen molar-refractivity contribution < 1.29 is 13.2 Å². The number of thioether (sulfide) groups is 1. The zero-order valence-electron chi connectivity index (χ0n) is 12.5. The monoisotopic (exact) mass is 318 g/mol. The quantitative estimate of drug-likeness (QED) is 0.742. The van der Waals surface area contributed by atoms with Gasteiger partial charge in [-0.05, 0) is 44.0 Å². The van der Waals surface area contributed by atoms with E-state index in [-0.39, 0.29) is 5.75 Å². The van der Waals surface area contributed by atoms with Gasteiger partial charge in [0.05, 0.1) is 12.3 Å². The van der Waals surface area contributed by atoms with Crippen LogP contribution in [0.15, 0.2) is 16.5 Å². The van der Waals surface area contributed by atoms with Crippen molar-refractivity contribution in [3.63, 3.8) is 0 Å². The fourth-order valence-electron chi connectivity index (χ4n) is 2.47. The molecule has 0 aromatic carbocycles. The molecule has 6 heteroatoms. The lowest BCUT2D eigenvalue weighted by atomic mass is 9.99. The first-order valence-corrected chi connectivity index (χ1v) is 8.59. The first-order chi connectivity index (χ1) is 10.1. The maximum Gasteiger partial charge on any atom is 0.284 e. The maximum atomic E-state index is 12.1. The van der Waals surface area contributed by atoms with Crippen LogP contribution in [-0.4, -0.2) is 36.8 Å². The van der Waals surface area contributed by atoms with E-state index in [0.29, 0.717) is 24.1 Å². The van der Waals surface area contributed by atoms with Gasteiger partial charge < -0.3 is 14.6 Å². The lowest BCUT2D eigenvalue weighted by molar-refractivity contribution is 0.192. The van der Waals surface area contributed by atoms with Crippen molar-refractivity contribution in [2.45, 2.75) is 37.8 Å². The number of likely N-dealkylation sites (tertiary alicyclic amines) is 1. The molecule has 1 fully saturated rings. The first kappa shape index (κ1) is 16.8. The second-order valence-electron chi connectivity index (χ2n) is 5.64. The van der Waals surface area contributed by atoms with Gasteiger partial charge in [-0.3, -0.25) is 0 Å². The largest absolute Gasteiger partial charge is 0.464 e. The van der Waals surface area contributed by atoms with Crippen LogP contribution in [0.3, 0.4) is 0 Å². The van der Waals surface area contributed by atoms with Crippen molar-refractivity contribution in [2.24, 2.45) is 5.92 Å². The highest BCUT2D eigenvalue weighted by atomic mass is 32.2. The molecule has 1 saturated heterocycles. The molecule has 21 heavy (non-hydrogen) atoms. The van der Waals surface area contributed by atoms with Gasteiger partial charge in [-0.2, -0.15) is 8.78 Å². The number of hydrogen-bond acceptors (Lipinski definition) is 4. The molecule has 2 heterocycles. The van der Waals surface area contributed by atoms with E-state index in [1.54, 1.807) is 6.07 Å². The normalized spacial score (nSPS) is 17.7. The van der Waals surface area contributed by atoms with Gasteiger partial charge >= 0.3 is 0 Å². The third-order valence-electron chi connectivity index (χ3n) is 3.85. The molecule has 0 amide bonds. The Morgan fingerprint density at radius 1 is 1.33 bits per heavy atom. The van der Waals surface area contributed by atoms with Crippen LogP contribution in [0.4, 0.5) is 8.78 Å². The molecule has 1 aliphatic rings. The fourth-order valence-corrected chi connectivity index (χ4v) is 2.92. The van der Waals surface area contributed by atoms with E-state index >= 15 is 0 Å². The second-order valence-corrected chi connectivity index (χ2v) is 6.62. The lowest BCUT2D eigenvalue weighted by Crippen LogP contribution is -2.37. The van der Waals surface area contributed by atoms with Crippen LogP contribution in [0.2, 0.25) is 0 Å². The maximum absolute atomic E-state index is 12.1. The summed E-state index contributed by atoms with van der Waals surface area (Å²) in [5.74, 6) is 0.170. The summed E-state index contributed by atoms with van der Waals surface area (Å²) in [6, 6.07) is 3.63. The molecule has 1 aromatic rings. The van der Waals surface area contributed by atoms with Gasteiger partial charge in [0.15, 0.2) is 0 Å². The molecule has 0 bridgehead atoms. The van der Waals surface area contributed by atoms with E-state index in [9.17, 15) is 8.78 Å². The predicted octanol–water partition coefficient (Wildman–Crippen LogP) is 3.56. The Balaban J connectivity index is 1.58. The standard InChI is InChI=1S/C15H24F2N2OS/c1-12-4-7-19(8-5-12)9-6-18-10-13-2-3-14(20-13)11-21-15(16)17/h2-3,12,15,18H,4-11H2,1H3. The van der Waals surface area contributed by atoms with E-state index in [2.05, 4.69) is 17.1 Å². The number of nitrogens with one attached hydrogen (secondary N) is 1. The fraction of sp³-hybridized carbons (Fsp3) is 0.733. The number of furan rings is 1. The Hall–Kier alpha value is -0.590. The van der Waals surface area contributed by atoms with E-state index in [4.69, 9.17) is 4.42 Å². The average Bonchev–Trinajstić information content (AvgIpc) is 2.91. The summed E-state index contributed by atoms with van der Waals surface area (Å²) < 4.78 is 29.7. The Bertz CT molecular complexity index is 406. The molecule has 0 saturated carbocycles. The van der Waals surface area contributed by atoms with Crippen LogP contribution >= 0.6 is 11.8 Å². The van der Waals surface area contributed by atoms with Gasteiger partial charge in [0, 0.05) is 13.1 Å². The van der Waals surface area contributed by atoms with E-state index in [1.165, 1.54) is 25.9 Å². The number of halogens is 2. The minimum absolute atomic E-state index is 0.226. The number of nitrogens with zero attached hydrogens (tertiary/aromatic N) is 1. The van der Waals surface area contributed by atoms with E-state index < -0.39 is 5.76 Å². The van der Waals surface area contributed by atoms with Gasteiger partial charge in [0.25, 0.3) is 5.76 Å². The summed E-state index contributed by atoms with van der Waals surface area (Å²) in [7, 11) is 0. The molecule has 1 aliphatic heterocycles. The second kappa shape index (κ2) is 8.76. The Morgan fingerprint density at radius 3 is 2.76 bits per heavy atom. The van der Waals surface area contributed by atoms with Crippen molar-refractivity contribution in [3.8, 4) is 0 Å². The number of hydrogen-bond donors (Lipinski definition) is 1. The van der Waals surface area contributed by atoms with Gasteiger partial charge in [0.1, 0.15) is 11.5 Å². The highest BCUT2D eigenvalue weighted by Gasteiger charge is 2.14. The molecular formula is C15H24F2N2OS. The summed E-state index contributed by atoms with van der Waals surface area (Å²) in [5.41, 5.74) is 0. The SMILES string of the molecule is CC1CCN(CCNCc2ccc(CSC(F)F)o2)CC1. The van der Waals surface area contributed by atoms with Gasteiger partial charge in [-0.25, -0.2) is 0 Å². The Kier molecular flexibility index (Phi) is 6.99. The Labute approximate surface area is 129 Å². The zero-order chi connectivity index (χ0) is 15.1. The first-order valence-electron chi connectivity index (χ1n) is 7.54. The summed E-state index contributed by atoms with van der Waals surface area (Å²) in [6.07, 6.45) is 2.59. The molecule has 3 nitrogen and oxygen atoms in total. The molecular weight excluding hydrogens is 294 g/mol. The highest BCUT2D eigenvalue weighted by molar-refractivity contribution is 7.98. The van der Waals surface area contributed by atoms with Crippen LogP contribution in [0.1, 0.15) is 31.3 Å².